The maximum atomic E-state index is 13.5. The molecule has 0 aliphatic carbocycles. The number of nitrogens with one attached hydrogen (secondary N) is 2. The van der Waals surface area contributed by atoms with Crippen LogP contribution < -0.4 is 10.9 Å². The second-order valence-corrected chi connectivity index (χ2v) is 5.89. The van der Waals surface area contributed by atoms with Crippen LogP contribution in [0.1, 0.15) is 26.5 Å². The zero-order valence-corrected chi connectivity index (χ0v) is 15.3. The van der Waals surface area contributed by atoms with Crippen LogP contribution in [0, 0.1) is 12.7 Å². The Morgan fingerprint density at radius 2 is 1.72 bits per heavy atom. The summed E-state index contributed by atoms with van der Waals surface area (Å²) < 4.78 is 23.6. The molecule has 1 heterocycles. The number of hydrogen-bond donors (Lipinski definition) is 2. The van der Waals surface area contributed by atoms with Gasteiger partial charge in [0, 0.05) is 5.56 Å². The largest absolute Gasteiger partial charge is 0.452 e. The SMILES string of the molecule is Cc1onc(-c2ccccc2)c1C(=O)OCC(=O)NNC(=O)c1ccccc1F. The van der Waals surface area contributed by atoms with E-state index in [4.69, 9.17) is 9.26 Å². The number of aryl methyl sites for hydroxylation is 1. The zero-order valence-electron chi connectivity index (χ0n) is 15.3. The fraction of sp³-hybridized carbons (Fsp3) is 0.100. The number of benzene rings is 2. The highest BCUT2D eigenvalue weighted by Crippen LogP contribution is 2.25. The van der Waals surface area contributed by atoms with Gasteiger partial charge in [-0.3, -0.25) is 20.4 Å². The zero-order chi connectivity index (χ0) is 20.8. The molecule has 0 radical (unpaired) electrons. The minimum Gasteiger partial charge on any atom is -0.452 e. The summed E-state index contributed by atoms with van der Waals surface area (Å²) in [6, 6.07) is 14.2. The first-order valence-electron chi connectivity index (χ1n) is 8.50. The summed E-state index contributed by atoms with van der Waals surface area (Å²) in [6.07, 6.45) is 0. The highest BCUT2D eigenvalue weighted by Gasteiger charge is 2.23. The van der Waals surface area contributed by atoms with Gasteiger partial charge in [0.2, 0.25) is 0 Å². The molecular formula is C20H16FN3O5. The van der Waals surface area contributed by atoms with Crippen LogP contribution in [0.15, 0.2) is 59.1 Å². The summed E-state index contributed by atoms with van der Waals surface area (Å²) in [7, 11) is 0. The van der Waals surface area contributed by atoms with Crippen molar-refractivity contribution in [2.45, 2.75) is 6.92 Å². The highest BCUT2D eigenvalue weighted by molar-refractivity contribution is 5.98. The Hall–Kier alpha value is -4.01. The first kappa shape index (κ1) is 19.7. The van der Waals surface area contributed by atoms with E-state index in [1.54, 1.807) is 31.2 Å². The normalized spacial score (nSPS) is 10.3. The topological polar surface area (TPSA) is 111 Å². The monoisotopic (exact) mass is 397 g/mol. The number of hydrazine groups is 1. The van der Waals surface area contributed by atoms with E-state index < -0.39 is 30.2 Å². The molecule has 0 bridgehead atoms. The summed E-state index contributed by atoms with van der Waals surface area (Å²) in [5, 5.41) is 3.87. The quantitative estimate of drug-likeness (QED) is 0.505. The van der Waals surface area contributed by atoms with Gasteiger partial charge in [-0.05, 0) is 19.1 Å². The van der Waals surface area contributed by atoms with Gasteiger partial charge >= 0.3 is 5.97 Å². The number of rotatable bonds is 5. The Labute approximate surface area is 164 Å². The number of esters is 1. The van der Waals surface area contributed by atoms with Crippen LogP contribution in [0.25, 0.3) is 11.3 Å². The Morgan fingerprint density at radius 1 is 1.03 bits per heavy atom. The van der Waals surface area contributed by atoms with Crippen molar-refractivity contribution in [3.8, 4) is 11.3 Å². The molecule has 0 saturated carbocycles. The molecule has 0 unspecified atom stereocenters. The van der Waals surface area contributed by atoms with E-state index in [-0.39, 0.29) is 16.9 Å². The van der Waals surface area contributed by atoms with Crippen molar-refractivity contribution in [3.05, 3.63) is 77.3 Å². The molecule has 0 fully saturated rings. The molecule has 0 aliphatic heterocycles. The number of amides is 2. The standard InChI is InChI=1S/C20H16FN3O5/c1-12-17(18(24-29-12)13-7-3-2-4-8-13)20(27)28-11-16(25)22-23-19(26)14-9-5-6-10-15(14)21/h2-10H,11H2,1H3,(H,22,25)(H,23,26). The first-order valence-corrected chi connectivity index (χ1v) is 8.50. The second kappa shape index (κ2) is 8.79. The first-order chi connectivity index (χ1) is 14.0. The molecule has 29 heavy (non-hydrogen) atoms. The van der Waals surface area contributed by atoms with Crippen LogP contribution in [0.3, 0.4) is 0 Å². The minimum absolute atomic E-state index is 0.0967. The number of carbonyl (C=O) groups is 3. The van der Waals surface area contributed by atoms with Crippen LogP contribution in [0.2, 0.25) is 0 Å². The molecule has 9 heteroatoms. The fourth-order valence-corrected chi connectivity index (χ4v) is 2.48. The predicted molar refractivity (Wildman–Crippen MR) is 99.0 cm³/mol. The Kier molecular flexibility index (Phi) is 5.98. The molecule has 1 aromatic heterocycles. The lowest BCUT2D eigenvalue weighted by Gasteiger charge is -2.09. The maximum absolute atomic E-state index is 13.5. The van der Waals surface area contributed by atoms with Gasteiger partial charge in [-0.2, -0.15) is 0 Å². The third-order valence-corrected chi connectivity index (χ3v) is 3.88. The van der Waals surface area contributed by atoms with Crippen LogP contribution in [0.5, 0.6) is 0 Å². The van der Waals surface area contributed by atoms with E-state index in [2.05, 4.69) is 5.16 Å². The molecule has 3 rings (SSSR count). The smallest absolute Gasteiger partial charge is 0.344 e. The summed E-state index contributed by atoms with van der Waals surface area (Å²) >= 11 is 0. The number of hydrogen-bond acceptors (Lipinski definition) is 6. The van der Waals surface area contributed by atoms with Gasteiger partial charge in [0.25, 0.3) is 11.8 Å². The Bertz CT molecular complexity index is 1050. The van der Waals surface area contributed by atoms with Gasteiger partial charge < -0.3 is 9.26 Å². The minimum atomic E-state index is -0.844. The van der Waals surface area contributed by atoms with Crippen molar-refractivity contribution >= 4 is 17.8 Å². The molecule has 2 N–H and O–H groups in total. The molecule has 148 valence electrons. The van der Waals surface area contributed by atoms with Crippen molar-refractivity contribution in [2.24, 2.45) is 0 Å². The predicted octanol–water partition coefficient (Wildman–Crippen LogP) is 2.41. The van der Waals surface area contributed by atoms with Crippen molar-refractivity contribution in [3.63, 3.8) is 0 Å². The van der Waals surface area contributed by atoms with Crippen molar-refractivity contribution in [1.29, 1.82) is 0 Å². The summed E-state index contributed by atoms with van der Waals surface area (Å²) in [6.45, 7) is 0.875. The molecule has 0 aliphatic rings. The fourth-order valence-electron chi connectivity index (χ4n) is 2.48. The van der Waals surface area contributed by atoms with Crippen LogP contribution >= 0.6 is 0 Å². The third-order valence-electron chi connectivity index (χ3n) is 3.88. The van der Waals surface area contributed by atoms with Gasteiger partial charge in [0.05, 0.1) is 5.56 Å². The lowest BCUT2D eigenvalue weighted by Crippen LogP contribution is -2.43. The molecule has 0 atom stereocenters. The summed E-state index contributed by atoms with van der Waals surface area (Å²) in [5.41, 5.74) is 4.90. The van der Waals surface area contributed by atoms with Crippen molar-refractivity contribution in [1.82, 2.24) is 16.0 Å². The Morgan fingerprint density at radius 3 is 2.45 bits per heavy atom. The van der Waals surface area contributed by atoms with Crippen molar-refractivity contribution in [2.75, 3.05) is 6.61 Å². The van der Waals surface area contributed by atoms with Gasteiger partial charge in [-0.25, -0.2) is 9.18 Å². The lowest BCUT2D eigenvalue weighted by atomic mass is 10.1. The van der Waals surface area contributed by atoms with E-state index in [9.17, 15) is 18.8 Å². The number of halogens is 1. The molecule has 2 amide bonds. The second-order valence-electron chi connectivity index (χ2n) is 5.89. The molecule has 0 spiro atoms. The van der Waals surface area contributed by atoms with Crippen LogP contribution in [-0.2, 0) is 9.53 Å². The number of carbonyl (C=O) groups excluding carboxylic acids is 3. The number of ether oxygens (including phenoxy) is 1. The van der Waals surface area contributed by atoms with Crippen LogP contribution in [-0.4, -0.2) is 29.5 Å². The molecule has 0 saturated heterocycles. The van der Waals surface area contributed by atoms with Gasteiger partial charge in [0.15, 0.2) is 6.61 Å². The average molecular weight is 397 g/mol. The van der Waals surface area contributed by atoms with Crippen molar-refractivity contribution < 1.29 is 28.0 Å². The Balaban J connectivity index is 1.57. The van der Waals surface area contributed by atoms with Gasteiger partial charge in [-0.15, -0.1) is 0 Å². The third kappa shape index (κ3) is 4.64. The number of aromatic nitrogens is 1. The maximum Gasteiger partial charge on any atom is 0.344 e. The van der Waals surface area contributed by atoms with E-state index >= 15 is 0 Å². The van der Waals surface area contributed by atoms with E-state index in [1.807, 2.05) is 16.9 Å². The van der Waals surface area contributed by atoms with E-state index in [0.717, 1.165) is 6.07 Å². The van der Waals surface area contributed by atoms with Crippen LogP contribution in [0.4, 0.5) is 4.39 Å². The summed E-state index contributed by atoms with van der Waals surface area (Å²) in [5.74, 6) is -2.95. The number of nitrogens with zero attached hydrogens (tertiary/aromatic N) is 1. The molecule has 2 aromatic carbocycles. The molecule has 3 aromatic rings. The van der Waals surface area contributed by atoms with E-state index in [1.165, 1.54) is 18.2 Å². The van der Waals surface area contributed by atoms with Gasteiger partial charge in [0.1, 0.15) is 22.8 Å². The average Bonchev–Trinajstić information content (AvgIpc) is 3.12. The molecule has 8 nitrogen and oxygen atoms in total. The molecular weight excluding hydrogens is 381 g/mol. The summed E-state index contributed by atoms with van der Waals surface area (Å²) in [4.78, 5) is 36.1. The van der Waals surface area contributed by atoms with E-state index in [0.29, 0.717) is 11.3 Å². The van der Waals surface area contributed by atoms with Gasteiger partial charge in [-0.1, -0.05) is 47.6 Å². The lowest BCUT2D eigenvalue weighted by molar-refractivity contribution is -0.125. The highest BCUT2D eigenvalue weighted by atomic mass is 19.1.